The van der Waals surface area contributed by atoms with Gasteiger partial charge in [0.1, 0.15) is 13.2 Å². The zero-order valence-corrected chi connectivity index (χ0v) is 43.0. The molecule has 6 nitrogen and oxygen atoms in total. The van der Waals surface area contributed by atoms with Gasteiger partial charge in [-0.15, -0.1) is 0 Å². The molecule has 0 aliphatic heterocycles. The van der Waals surface area contributed by atoms with Gasteiger partial charge in [-0.1, -0.05) is 236 Å². The van der Waals surface area contributed by atoms with Crippen LogP contribution in [-0.4, -0.2) is 37.2 Å². The summed E-state index contributed by atoms with van der Waals surface area (Å²) in [5.41, 5.74) is 0. The molecule has 0 rings (SSSR count). The largest absolute Gasteiger partial charge is 0.462 e. The second-order valence-electron chi connectivity index (χ2n) is 18.5. The standard InChI is InChI=1S/C59H104O6/c1-4-7-10-13-16-19-22-25-28-29-32-34-37-40-43-46-49-52-58(61)64-55-56(65-59(62)53-50-47-44-41-38-35-31-27-24-21-18-15-12-9-6-3)54-63-57(60)51-48-45-42-39-36-33-30-26-23-20-17-14-11-8-5-2/h18,21,25,27-28,31-32,34,40,43,56H,4-17,19-20,22-24,26,29-30,33,35-39,41-42,44-55H2,1-3H3/b21-18-,28-25-,31-27-,34-32-,43-40-/t56-/m0/s1. The maximum absolute atomic E-state index is 12.8. The van der Waals surface area contributed by atoms with Gasteiger partial charge >= 0.3 is 17.9 Å². The van der Waals surface area contributed by atoms with Crippen LogP contribution in [0.5, 0.6) is 0 Å². The highest BCUT2D eigenvalue weighted by molar-refractivity contribution is 5.71. The van der Waals surface area contributed by atoms with Crippen molar-refractivity contribution in [3.8, 4) is 0 Å². The molecule has 0 aromatic heterocycles. The maximum Gasteiger partial charge on any atom is 0.306 e. The molecule has 0 saturated heterocycles. The van der Waals surface area contributed by atoms with Crippen molar-refractivity contribution in [1.29, 1.82) is 0 Å². The third-order valence-corrected chi connectivity index (χ3v) is 12.0. The van der Waals surface area contributed by atoms with E-state index in [0.717, 1.165) is 83.5 Å². The third kappa shape index (κ3) is 51.9. The Hall–Kier alpha value is -2.89. The van der Waals surface area contributed by atoms with E-state index in [-0.39, 0.29) is 37.5 Å². The first-order valence-corrected chi connectivity index (χ1v) is 27.8. The van der Waals surface area contributed by atoms with Crippen LogP contribution in [-0.2, 0) is 28.6 Å². The Balaban J connectivity index is 4.46. The van der Waals surface area contributed by atoms with Gasteiger partial charge in [0.15, 0.2) is 6.10 Å². The molecule has 1 atom stereocenters. The molecule has 0 amide bonds. The van der Waals surface area contributed by atoms with E-state index in [9.17, 15) is 14.4 Å². The predicted molar refractivity (Wildman–Crippen MR) is 279 cm³/mol. The lowest BCUT2D eigenvalue weighted by molar-refractivity contribution is -0.167. The van der Waals surface area contributed by atoms with Gasteiger partial charge in [0.25, 0.3) is 0 Å². The number of hydrogen-bond donors (Lipinski definition) is 0. The predicted octanol–water partition coefficient (Wildman–Crippen LogP) is 18.4. The van der Waals surface area contributed by atoms with Crippen molar-refractivity contribution in [1.82, 2.24) is 0 Å². The van der Waals surface area contributed by atoms with E-state index in [0.29, 0.717) is 19.3 Å². The van der Waals surface area contributed by atoms with Crippen LogP contribution in [0.25, 0.3) is 0 Å². The zero-order chi connectivity index (χ0) is 47.2. The molecule has 0 spiro atoms. The summed E-state index contributed by atoms with van der Waals surface area (Å²) in [5, 5.41) is 0. The Kier molecular flexibility index (Phi) is 51.3. The fourth-order valence-corrected chi connectivity index (χ4v) is 7.78. The SMILES string of the molecule is CCCCC/C=C\C/C=C\CCCCCCCC(=O)O[C@H](COC(=O)CCC/C=C\C/C=C\C/C=C\CCCCCCCC)COC(=O)CCCCCCCCCCCCCCCCC. The summed E-state index contributed by atoms with van der Waals surface area (Å²) in [7, 11) is 0. The molecule has 0 N–H and O–H groups in total. The monoisotopic (exact) mass is 909 g/mol. The molecule has 0 aromatic rings. The van der Waals surface area contributed by atoms with Crippen molar-refractivity contribution in [2.45, 2.75) is 284 Å². The summed E-state index contributed by atoms with van der Waals surface area (Å²) in [6.45, 7) is 6.57. The molecule has 0 bridgehead atoms. The van der Waals surface area contributed by atoms with E-state index in [2.05, 4.69) is 81.5 Å². The Labute approximate surface area is 402 Å². The number of rotatable bonds is 50. The van der Waals surface area contributed by atoms with Gasteiger partial charge in [0, 0.05) is 19.3 Å². The fourth-order valence-electron chi connectivity index (χ4n) is 7.78. The van der Waals surface area contributed by atoms with Crippen LogP contribution in [0.15, 0.2) is 60.8 Å². The van der Waals surface area contributed by atoms with Gasteiger partial charge in [0.2, 0.25) is 0 Å². The summed E-state index contributed by atoms with van der Waals surface area (Å²) >= 11 is 0. The summed E-state index contributed by atoms with van der Waals surface area (Å²) in [6, 6.07) is 0. The van der Waals surface area contributed by atoms with Crippen LogP contribution in [0.3, 0.4) is 0 Å². The van der Waals surface area contributed by atoms with E-state index in [1.165, 1.54) is 148 Å². The minimum Gasteiger partial charge on any atom is -0.462 e. The number of hydrogen-bond acceptors (Lipinski definition) is 6. The van der Waals surface area contributed by atoms with Crippen LogP contribution in [0.1, 0.15) is 278 Å². The Bertz CT molecular complexity index is 1180. The number of allylic oxidation sites excluding steroid dienone is 10. The molecular weight excluding hydrogens is 805 g/mol. The molecule has 0 aliphatic rings. The lowest BCUT2D eigenvalue weighted by Gasteiger charge is -2.18. The van der Waals surface area contributed by atoms with Gasteiger partial charge < -0.3 is 14.2 Å². The van der Waals surface area contributed by atoms with Crippen molar-refractivity contribution in [2.24, 2.45) is 0 Å². The quantitative estimate of drug-likeness (QED) is 0.0262. The zero-order valence-electron chi connectivity index (χ0n) is 43.0. The number of ether oxygens (including phenoxy) is 3. The van der Waals surface area contributed by atoms with Gasteiger partial charge in [-0.3, -0.25) is 14.4 Å². The van der Waals surface area contributed by atoms with Gasteiger partial charge in [0.05, 0.1) is 0 Å². The molecule has 6 heteroatoms. The van der Waals surface area contributed by atoms with Crippen LogP contribution in [0.4, 0.5) is 0 Å². The smallest absolute Gasteiger partial charge is 0.306 e. The molecule has 65 heavy (non-hydrogen) atoms. The summed E-state index contributed by atoms with van der Waals surface area (Å²) in [5.74, 6) is -0.953. The number of carbonyl (C=O) groups is 3. The Morgan fingerprint density at radius 2 is 0.569 bits per heavy atom. The molecule has 0 fully saturated rings. The molecule has 0 aliphatic carbocycles. The van der Waals surface area contributed by atoms with Crippen molar-refractivity contribution < 1.29 is 28.6 Å². The van der Waals surface area contributed by atoms with E-state index < -0.39 is 6.10 Å². The first kappa shape index (κ1) is 62.1. The first-order chi connectivity index (χ1) is 32.0. The average Bonchev–Trinajstić information content (AvgIpc) is 3.30. The van der Waals surface area contributed by atoms with Gasteiger partial charge in [-0.25, -0.2) is 0 Å². The van der Waals surface area contributed by atoms with E-state index in [1.54, 1.807) is 0 Å². The molecule has 0 unspecified atom stereocenters. The molecule has 376 valence electrons. The van der Waals surface area contributed by atoms with Crippen molar-refractivity contribution in [3.63, 3.8) is 0 Å². The summed E-state index contributed by atoms with van der Waals surface area (Å²) in [4.78, 5) is 38.1. The maximum atomic E-state index is 12.8. The van der Waals surface area contributed by atoms with Gasteiger partial charge in [-0.2, -0.15) is 0 Å². The number of unbranched alkanes of at least 4 members (excludes halogenated alkanes) is 29. The molecule has 0 saturated carbocycles. The second-order valence-corrected chi connectivity index (χ2v) is 18.5. The summed E-state index contributed by atoms with van der Waals surface area (Å²) < 4.78 is 16.8. The van der Waals surface area contributed by atoms with Crippen molar-refractivity contribution >= 4 is 17.9 Å². The summed E-state index contributed by atoms with van der Waals surface area (Å²) in [6.07, 6.45) is 66.4. The number of esters is 3. The molecule has 0 heterocycles. The highest BCUT2D eigenvalue weighted by atomic mass is 16.6. The van der Waals surface area contributed by atoms with Crippen molar-refractivity contribution in [2.75, 3.05) is 13.2 Å². The van der Waals surface area contributed by atoms with Crippen LogP contribution in [0, 0.1) is 0 Å². The first-order valence-electron chi connectivity index (χ1n) is 27.8. The van der Waals surface area contributed by atoms with Gasteiger partial charge in [-0.05, 0) is 83.5 Å². The molecular formula is C59H104O6. The van der Waals surface area contributed by atoms with Crippen LogP contribution in [0.2, 0.25) is 0 Å². The Morgan fingerprint density at radius 3 is 0.954 bits per heavy atom. The minimum absolute atomic E-state index is 0.0933. The van der Waals surface area contributed by atoms with Crippen molar-refractivity contribution in [3.05, 3.63) is 60.8 Å². The second kappa shape index (κ2) is 53.7. The highest BCUT2D eigenvalue weighted by Crippen LogP contribution is 2.15. The van der Waals surface area contributed by atoms with E-state index in [4.69, 9.17) is 14.2 Å². The minimum atomic E-state index is -0.800. The topological polar surface area (TPSA) is 78.9 Å². The third-order valence-electron chi connectivity index (χ3n) is 12.0. The highest BCUT2D eigenvalue weighted by Gasteiger charge is 2.19. The van der Waals surface area contributed by atoms with Crippen LogP contribution >= 0.6 is 0 Å². The van der Waals surface area contributed by atoms with E-state index >= 15 is 0 Å². The molecule has 0 radical (unpaired) electrons. The van der Waals surface area contributed by atoms with Crippen LogP contribution < -0.4 is 0 Å². The van der Waals surface area contributed by atoms with E-state index in [1.807, 2.05) is 0 Å². The lowest BCUT2D eigenvalue weighted by atomic mass is 10.0. The average molecular weight is 909 g/mol. The lowest BCUT2D eigenvalue weighted by Crippen LogP contribution is -2.30. The molecule has 0 aromatic carbocycles. The number of carbonyl (C=O) groups excluding carboxylic acids is 3. The fraction of sp³-hybridized carbons (Fsp3) is 0.780. The Morgan fingerprint density at radius 1 is 0.308 bits per heavy atom. The normalized spacial score (nSPS) is 12.5.